The van der Waals surface area contributed by atoms with Gasteiger partial charge in [0.1, 0.15) is 6.54 Å². The maximum Gasteiger partial charge on any atom is 0.307 e. The molecule has 0 saturated heterocycles. The third-order valence-electron chi connectivity index (χ3n) is 2.84. The highest BCUT2D eigenvalue weighted by Crippen LogP contribution is 2.10. The first-order valence-corrected chi connectivity index (χ1v) is 7.24. The molecule has 0 spiro atoms. The van der Waals surface area contributed by atoms with Crippen LogP contribution in [0.25, 0.3) is 0 Å². The van der Waals surface area contributed by atoms with E-state index in [0.29, 0.717) is 6.42 Å². The zero-order valence-corrected chi connectivity index (χ0v) is 12.9. The fourth-order valence-corrected chi connectivity index (χ4v) is 1.97. The molecule has 20 heavy (non-hydrogen) atoms. The third kappa shape index (κ3) is 12.0. The van der Waals surface area contributed by atoms with E-state index in [1.54, 1.807) is 0 Å². The standard InChI is InChI=1S/C15H29NO4/c1-5-6-7-8-9-10-15(19)20-13(11-14(17)18)12-16(2,3)4/h13H,5-12H2,1-4H3/p+1/t13-/m0/s1/i2D3. The van der Waals surface area contributed by atoms with E-state index in [-0.39, 0.29) is 19.4 Å². The minimum absolute atomic E-state index is 0.0651. The van der Waals surface area contributed by atoms with Gasteiger partial charge in [0.2, 0.25) is 0 Å². The van der Waals surface area contributed by atoms with Crippen molar-refractivity contribution in [2.75, 3.05) is 27.6 Å². The van der Waals surface area contributed by atoms with Crippen molar-refractivity contribution in [3.8, 4) is 0 Å². The van der Waals surface area contributed by atoms with Crippen LogP contribution in [0.4, 0.5) is 0 Å². The van der Waals surface area contributed by atoms with Crippen LogP contribution in [-0.4, -0.2) is 55.2 Å². The van der Waals surface area contributed by atoms with E-state index in [0.717, 1.165) is 25.7 Å². The van der Waals surface area contributed by atoms with Crippen LogP contribution in [0.5, 0.6) is 0 Å². The van der Waals surface area contributed by atoms with Crippen LogP contribution < -0.4 is 0 Å². The second kappa shape index (κ2) is 9.75. The molecule has 118 valence electrons. The Morgan fingerprint density at radius 2 is 1.90 bits per heavy atom. The van der Waals surface area contributed by atoms with Crippen molar-refractivity contribution >= 4 is 11.9 Å². The van der Waals surface area contributed by atoms with Gasteiger partial charge >= 0.3 is 11.9 Å². The van der Waals surface area contributed by atoms with Crippen LogP contribution >= 0.6 is 0 Å². The molecule has 0 unspecified atom stereocenters. The number of likely N-dealkylation sites (N-methyl/N-ethyl adjacent to an activating group) is 1. The fraction of sp³-hybridized carbons (Fsp3) is 0.867. The zero-order valence-electron chi connectivity index (χ0n) is 15.9. The molecule has 0 aromatic carbocycles. The Kier molecular flexibility index (Phi) is 6.76. The third-order valence-corrected chi connectivity index (χ3v) is 2.84. The lowest BCUT2D eigenvalue weighted by atomic mass is 10.1. The molecule has 0 aromatic heterocycles. The van der Waals surface area contributed by atoms with Gasteiger partial charge in [0.15, 0.2) is 6.10 Å². The molecular formula is C15H30NO4+. The predicted octanol–water partition coefficient (Wildman–Crippen LogP) is 2.44. The number of carbonyl (C=O) groups is 2. The SMILES string of the molecule is [2H]C([2H])([2H])[N+](C)(C)C[C@H](CC(=O)O)OC(=O)CCCCCCC. The van der Waals surface area contributed by atoms with Crippen LogP contribution in [0.3, 0.4) is 0 Å². The molecule has 0 radical (unpaired) electrons. The van der Waals surface area contributed by atoms with E-state index >= 15 is 0 Å². The molecule has 0 aliphatic rings. The van der Waals surface area contributed by atoms with Gasteiger partial charge in [-0.15, -0.1) is 0 Å². The first-order chi connectivity index (χ1) is 10.5. The lowest BCUT2D eigenvalue weighted by molar-refractivity contribution is -0.873. The van der Waals surface area contributed by atoms with E-state index in [4.69, 9.17) is 14.0 Å². The maximum atomic E-state index is 11.8. The van der Waals surface area contributed by atoms with E-state index in [2.05, 4.69) is 6.92 Å². The first kappa shape index (κ1) is 13.9. The summed E-state index contributed by atoms with van der Waals surface area (Å²) < 4.78 is 27.3. The number of aliphatic carboxylic acids is 1. The number of unbranched alkanes of at least 4 members (excludes halogenated alkanes) is 4. The number of quaternary nitrogens is 1. The maximum absolute atomic E-state index is 11.8. The van der Waals surface area contributed by atoms with Crippen molar-refractivity contribution in [3.05, 3.63) is 0 Å². The van der Waals surface area contributed by atoms with Crippen molar-refractivity contribution < 1.29 is 28.0 Å². The minimum Gasteiger partial charge on any atom is -0.481 e. The molecule has 0 aliphatic heterocycles. The zero-order chi connectivity index (χ0) is 18.1. The molecule has 0 aliphatic carbocycles. The van der Waals surface area contributed by atoms with Crippen molar-refractivity contribution in [3.63, 3.8) is 0 Å². The molecule has 0 rings (SSSR count). The second-order valence-electron chi connectivity index (χ2n) is 5.74. The number of ether oxygens (including phenoxy) is 1. The van der Waals surface area contributed by atoms with Crippen molar-refractivity contribution in [1.82, 2.24) is 0 Å². The predicted molar refractivity (Wildman–Crippen MR) is 78.4 cm³/mol. The van der Waals surface area contributed by atoms with Gasteiger partial charge in [-0.05, 0) is 6.42 Å². The number of carbonyl (C=O) groups excluding carboxylic acids is 1. The Morgan fingerprint density at radius 3 is 2.45 bits per heavy atom. The molecule has 1 N–H and O–H groups in total. The monoisotopic (exact) mass is 291 g/mol. The summed E-state index contributed by atoms with van der Waals surface area (Å²) in [5.74, 6) is -1.57. The minimum atomic E-state index is -2.30. The Labute approximate surface area is 126 Å². The van der Waals surface area contributed by atoms with Gasteiger partial charge in [0.05, 0.1) is 31.6 Å². The van der Waals surface area contributed by atoms with Gasteiger partial charge in [-0.2, -0.15) is 0 Å². The number of nitrogens with zero attached hydrogens (tertiary/aromatic N) is 1. The summed E-state index contributed by atoms with van der Waals surface area (Å²) >= 11 is 0. The topological polar surface area (TPSA) is 63.6 Å². The van der Waals surface area contributed by atoms with E-state index in [9.17, 15) is 9.59 Å². The first-order valence-electron chi connectivity index (χ1n) is 8.74. The Hall–Kier alpha value is -1.10. The molecule has 5 nitrogen and oxygen atoms in total. The summed E-state index contributed by atoms with van der Waals surface area (Å²) in [4.78, 5) is 22.8. The molecule has 1 atom stereocenters. The number of carboxylic acid groups (broad SMARTS) is 1. The number of rotatable bonds is 11. The lowest BCUT2D eigenvalue weighted by Gasteiger charge is -2.28. The highest BCUT2D eigenvalue weighted by molar-refractivity contribution is 5.71. The van der Waals surface area contributed by atoms with Gasteiger partial charge in [0, 0.05) is 6.42 Å². The normalized spacial score (nSPS) is 15.8. The quantitative estimate of drug-likeness (QED) is 0.361. The molecule has 0 amide bonds. The van der Waals surface area contributed by atoms with Gasteiger partial charge < -0.3 is 14.3 Å². The van der Waals surface area contributed by atoms with Crippen LogP contribution in [0.2, 0.25) is 0 Å². The van der Waals surface area contributed by atoms with E-state index < -0.39 is 29.5 Å². The summed E-state index contributed by atoms with van der Waals surface area (Å²) in [5, 5.41) is 8.93. The summed E-state index contributed by atoms with van der Waals surface area (Å²) in [7, 11) is 2.95. The molecular weight excluding hydrogens is 258 g/mol. The average Bonchev–Trinajstić information content (AvgIpc) is 2.35. The van der Waals surface area contributed by atoms with Crippen molar-refractivity contribution in [2.24, 2.45) is 0 Å². The molecule has 0 bridgehead atoms. The van der Waals surface area contributed by atoms with Gasteiger partial charge in [-0.3, -0.25) is 9.59 Å². The van der Waals surface area contributed by atoms with Crippen LogP contribution in [0.1, 0.15) is 56.0 Å². The van der Waals surface area contributed by atoms with E-state index in [1.807, 2.05) is 0 Å². The van der Waals surface area contributed by atoms with Crippen molar-refractivity contribution in [1.29, 1.82) is 0 Å². The lowest BCUT2D eigenvalue weighted by Crippen LogP contribution is -2.43. The van der Waals surface area contributed by atoms with Gasteiger partial charge in [-0.1, -0.05) is 32.6 Å². The number of carboxylic acids is 1. The van der Waals surface area contributed by atoms with Crippen LogP contribution in [0, 0.1) is 0 Å². The average molecular weight is 291 g/mol. The summed E-state index contributed by atoms with van der Waals surface area (Å²) in [6.07, 6.45) is 3.85. The van der Waals surface area contributed by atoms with E-state index in [1.165, 1.54) is 14.1 Å². The molecule has 5 heteroatoms. The largest absolute Gasteiger partial charge is 0.481 e. The van der Waals surface area contributed by atoms with Crippen LogP contribution in [-0.2, 0) is 14.3 Å². The Bertz CT molecular complexity index is 383. The second-order valence-corrected chi connectivity index (χ2v) is 5.74. The highest BCUT2D eigenvalue weighted by atomic mass is 16.5. The smallest absolute Gasteiger partial charge is 0.307 e. The Balaban J connectivity index is 4.50. The molecule has 0 heterocycles. The number of esters is 1. The van der Waals surface area contributed by atoms with Crippen molar-refractivity contribution in [2.45, 2.75) is 58.0 Å². The summed E-state index contributed by atoms with van der Waals surface area (Å²) in [6, 6.07) is 0. The number of hydrogen-bond donors (Lipinski definition) is 1. The molecule has 0 fully saturated rings. The van der Waals surface area contributed by atoms with Crippen LogP contribution in [0.15, 0.2) is 0 Å². The fourth-order valence-electron chi connectivity index (χ4n) is 1.97. The Morgan fingerprint density at radius 1 is 1.25 bits per heavy atom. The highest BCUT2D eigenvalue weighted by Gasteiger charge is 2.24. The van der Waals surface area contributed by atoms with Gasteiger partial charge in [0.25, 0.3) is 0 Å². The van der Waals surface area contributed by atoms with Gasteiger partial charge in [-0.25, -0.2) is 0 Å². The summed E-state index contributed by atoms with van der Waals surface area (Å²) in [5.41, 5.74) is 0. The molecule has 0 aromatic rings. The summed E-state index contributed by atoms with van der Waals surface area (Å²) in [6.45, 7) is -0.261. The number of hydrogen-bond acceptors (Lipinski definition) is 3. The molecule has 0 saturated carbocycles.